The van der Waals surface area contributed by atoms with Crippen molar-refractivity contribution in [1.29, 1.82) is 0 Å². The molecule has 0 radical (unpaired) electrons. The fourth-order valence-corrected chi connectivity index (χ4v) is 7.48. The van der Waals surface area contributed by atoms with E-state index in [2.05, 4.69) is 27.2 Å². The minimum Gasteiger partial charge on any atom is -0.465 e. The molecule has 2 aromatic heterocycles. The Morgan fingerprint density at radius 2 is 1.91 bits per heavy atom. The summed E-state index contributed by atoms with van der Waals surface area (Å²) < 4.78 is 7.70. The second-order valence-electron chi connectivity index (χ2n) is 10.6. The highest BCUT2D eigenvalue weighted by Gasteiger charge is 2.51. The van der Waals surface area contributed by atoms with Gasteiger partial charge in [-0.2, -0.15) is 4.98 Å². The van der Waals surface area contributed by atoms with Crippen molar-refractivity contribution in [3.05, 3.63) is 47.7 Å². The normalized spacial score (nSPS) is 29.5. The molecule has 4 saturated carbocycles. The summed E-state index contributed by atoms with van der Waals surface area (Å²) in [5, 5.41) is 17.5. The summed E-state index contributed by atoms with van der Waals surface area (Å²) in [7, 11) is 2.00. The molecule has 1 aromatic carbocycles. The van der Waals surface area contributed by atoms with E-state index in [0.29, 0.717) is 17.7 Å². The lowest BCUT2D eigenvalue weighted by Gasteiger charge is -2.56. The molecule has 4 aliphatic carbocycles. The Hall–Kier alpha value is -2.83. The van der Waals surface area contributed by atoms with Crippen LogP contribution in [0.1, 0.15) is 61.8 Å². The summed E-state index contributed by atoms with van der Waals surface area (Å²) in [5.74, 6) is 3.72. The third kappa shape index (κ3) is 3.48. The molecule has 1 amide bonds. The molecule has 1 atom stereocenters. The highest BCUT2D eigenvalue weighted by molar-refractivity contribution is 5.84. The van der Waals surface area contributed by atoms with Crippen molar-refractivity contribution in [2.75, 3.05) is 0 Å². The number of amides is 1. The molecule has 7 nitrogen and oxygen atoms in total. The summed E-state index contributed by atoms with van der Waals surface area (Å²) >= 11 is 0. The summed E-state index contributed by atoms with van der Waals surface area (Å²) in [6.45, 7) is 0. The van der Waals surface area contributed by atoms with Crippen molar-refractivity contribution >= 4 is 17.0 Å². The van der Waals surface area contributed by atoms with Gasteiger partial charge in [-0.25, -0.2) is 4.79 Å². The van der Waals surface area contributed by atoms with Gasteiger partial charge in [-0.15, -0.1) is 0 Å². The van der Waals surface area contributed by atoms with Gasteiger partial charge in [0.2, 0.25) is 5.89 Å². The fourth-order valence-electron chi connectivity index (χ4n) is 7.48. The number of carbonyl (C=O) groups is 1. The predicted molar refractivity (Wildman–Crippen MR) is 119 cm³/mol. The number of para-hydroxylation sites is 1. The van der Waals surface area contributed by atoms with Crippen LogP contribution >= 0.6 is 0 Å². The smallest absolute Gasteiger partial charge is 0.405 e. The summed E-state index contributed by atoms with van der Waals surface area (Å²) in [6, 6.07) is 7.56. The van der Waals surface area contributed by atoms with E-state index in [0.717, 1.165) is 46.5 Å². The van der Waals surface area contributed by atoms with Crippen LogP contribution in [-0.2, 0) is 19.9 Å². The Balaban J connectivity index is 1.25. The number of hydrogen-bond donors (Lipinski definition) is 2. The van der Waals surface area contributed by atoms with E-state index in [-0.39, 0.29) is 0 Å². The second kappa shape index (κ2) is 7.36. The first-order valence-electron chi connectivity index (χ1n) is 11.8. The van der Waals surface area contributed by atoms with Crippen LogP contribution in [0.4, 0.5) is 4.79 Å². The van der Waals surface area contributed by atoms with Crippen LogP contribution < -0.4 is 5.32 Å². The Labute approximate surface area is 187 Å². The number of hydrogen-bond acceptors (Lipinski definition) is 4. The number of aromatic nitrogens is 3. The maximum Gasteiger partial charge on any atom is 0.405 e. The van der Waals surface area contributed by atoms with E-state index in [4.69, 9.17) is 9.51 Å². The van der Waals surface area contributed by atoms with Gasteiger partial charge in [0, 0.05) is 37.0 Å². The molecular weight excluding hydrogens is 404 g/mol. The molecule has 2 N–H and O–H groups in total. The van der Waals surface area contributed by atoms with E-state index in [1.165, 1.54) is 38.5 Å². The number of nitrogens with one attached hydrogen (secondary N) is 1. The molecule has 4 bridgehead atoms. The van der Waals surface area contributed by atoms with Crippen molar-refractivity contribution in [1.82, 2.24) is 20.0 Å². The molecule has 0 aliphatic heterocycles. The Kier molecular flexibility index (Phi) is 4.56. The van der Waals surface area contributed by atoms with E-state index < -0.39 is 12.1 Å². The molecule has 0 saturated heterocycles. The van der Waals surface area contributed by atoms with Crippen LogP contribution in [0.25, 0.3) is 10.9 Å². The van der Waals surface area contributed by atoms with Crippen molar-refractivity contribution in [3.63, 3.8) is 0 Å². The van der Waals surface area contributed by atoms with Crippen molar-refractivity contribution < 1.29 is 14.4 Å². The van der Waals surface area contributed by atoms with Crippen molar-refractivity contribution in [2.45, 2.75) is 57.4 Å². The Morgan fingerprint density at radius 3 is 2.59 bits per heavy atom. The predicted octanol–water partition coefficient (Wildman–Crippen LogP) is 4.87. The molecule has 2 heterocycles. The fraction of sp³-hybridized carbons (Fsp3) is 0.560. The molecular formula is C25H30N4O3. The molecule has 0 spiro atoms. The quantitative estimate of drug-likeness (QED) is 0.577. The van der Waals surface area contributed by atoms with Gasteiger partial charge < -0.3 is 19.5 Å². The molecule has 4 aliphatic rings. The van der Waals surface area contributed by atoms with Crippen LogP contribution in [-0.4, -0.2) is 25.9 Å². The summed E-state index contributed by atoms with van der Waals surface area (Å²) in [6.07, 6.45) is 10.4. The highest BCUT2D eigenvalue weighted by atomic mass is 16.5. The third-order valence-corrected chi connectivity index (χ3v) is 8.18. The van der Waals surface area contributed by atoms with E-state index in [1.54, 1.807) is 0 Å². The van der Waals surface area contributed by atoms with Gasteiger partial charge in [0.05, 0.1) is 0 Å². The first kappa shape index (κ1) is 19.8. The van der Waals surface area contributed by atoms with Gasteiger partial charge in [0.25, 0.3) is 0 Å². The summed E-state index contributed by atoms with van der Waals surface area (Å²) in [4.78, 5) is 16.3. The number of benzene rings is 1. The number of aryl methyl sites for hydroxylation is 1. The maximum atomic E-state index is 11.5. The second-order valence-corrected chi connectivity index (χ2v) is 10.6. The van der Waals surface area contributed by atoms with Crippen LogP contribution in [0.2, 0.25) is 0 Å². The Morgan fingerprint density at radius 1 is 1.22 bits per heavy atom. The lowest BCUT2D eigenvalue weighted by Crippen LogP contribution is -2.47. The SMILES string of the molecule is Cn1cc(C[C@H](NC(=O)O)c2nc(CC34CC5CC(CC(C5)C3)C4)no2)c2ccccc21. The van der Waals surface area contributed by atoms with Crippen LogP contribution in [0, 0.1) is 23.2 Å². The van der Waals surface area contributed by atoms with Gasteiger partial charge in [-0.05, 0) is 73.3 Å². The monoisotopic (exact) mass is 434 g/mol. The zero-order valence-electron chi connectivity index (χ0n) is 18.5. The van der Waals surface area contributed by atoms with Gasteiger partial charge in [0.15, 0.2) is 5.82 Å². The van der Waals surface area contributed by atoms with Gasteiger partial charge >= 0.3 is 6.09 Å². The first-order valence-corrected chi connectivity index (χ1v) is 11.8. The van der Waals surface area contributed by atoms with E-state index >= 15 is 0 Å². The van der Waals surface area contributed by atoms with Gasteiger partial charge in [-0.3, -0.25) is 0 Å². The third-order valence-electron chi connectivity index (χ3n) is 8.18. The van der Waals surface area contributed by atoms with E-state index in [1.807, 2.05) is 25.4 Å². The maximum absolute atomic E-state index is 11.5. The lowest BCUT2D eigenvalue weighted by atomic mass is 9.49. The molecule has 168 valence electrons. The van der Waals surface area contributed by atoms with Crippen LogP contribution in [0.15, 0.2) is 35.0 Å². The largest absolute Gasteiger partial charge is 0.465 e. The summed E-state index contributed by atoms with van der Waals surface area (Å²) in [5.41, 5.74) is 2.49. The van der Waals surface area contributed by atoms with E-state index in [9.17, 15) is 9.90 Å². The lowest BCUT2D eigenvalue weighted by molar-refractivity contribution is -0.0533. The molecule has 32 heavy (non-hydrogen) atoms. The standard InChI is InChI=1S/C25H30N4O3/c1-29-14-18(19-4-2-3-5-21(19)29)9-20(26-24(30)31)23-27-22(28-32-23)13-25-10-15-6-16(11-25)8-17(7-15)12-25/h2-5,14-17,20,26H,6-13H2,1H3,(H,30,31)/t15?,16?,17?,20-,25?/m0/s1. The molecule has 4 fully saturated rings. The zero-order valence-corrected chi connectivity index (χ0v) is 18.5. The van der Waals surface area contributed by atoms with Crippen molar-refractivity contribution in [3.8, 4) is 0 Å². The average Bonchev–Trinajstić information content (AvgIpc) is 3.31. The molecule has 7 heteroatoms. The average molecular weight is 435 g/mol. The molecule has 7 rings (SSSR count). The number of nitrogens with zero attached hydrogens (tertiary/aromatic N) is 3. The van der Waals surface area contributed by atoms with Crippen molar-refractivity contribution in [2.24, 2.45) is 30.2 Å². The van der Waals surface area contributed by atoms with Crippen LogP contribution in [0.5, 0.6) is 0 Å². The number of carboxylic acid groups (broad SMARTS) is 1. The van der Waals surface area contributed by atoms with Gasteiger partial charge in [0.1, 0.15) is 6.04 Å². The minimum atomic E-state index is -1.09. The minimum absolute atomic E-state index is 0.321. The molecule has 0 unspecified atom stereocenters. The number of fused-ring (bicyclic) bond motifs is 1. The number of rotatable bonds is 6. The Bertz CT molecular complexity index is 1130. The zero-order chi connectivity index (χ0) is 21.9. The first-order chi connectivity index (χ1) is 15.5. The molecule has 3 aromatic rings. The topological polar surface area (TPSA) is 93.2 Å². The van der Waals surface area contributed by atoms with Gasteiger partial charge in [-0.1, -0.05) is 23.4 Å². The highest BCUT2D eigenvalue weighted by Crippen LogP contribution is 2.60. The van der Waals surface area contributed by atoms with Crippen LogP contribution in [0.3, 0.4) is 0 Å².